The smallest absolute Gasteiger partial charge is 0.368 e. The molecule has 0 radical (unpaired) electrons. The Morgan fingerprint density at radius 2 is 1.72 bits per heavy atom. The van der Waals surface area contributed by atoms with Crippen LogP contribution in [0.4, 0.5) is 28.9 Å². The van der Waals surface area contributed by atoms with E-state index in [-0.39, 0.29) is 12.4 Å². The van der Waals surface area contributed by atoms with E-state index in [1.807, 2.05) is 24.3 Å². The van der Waals surface area contributed by atoms with Gasteiger partial charge < -0.3 is 10.6 Å². The largest absolute Gasteiger partial charge is 0.416 e. The summed E-state index contributed by atoms with van der Waals surface area (Å²) in [4.78, 5) is 4.19. The van der Waals surface area contributed by atoms with E-state index in [2.05, 4.69) is 25.8 Å². The summed E-state index contributed by atoms with van der Waals surface area (Å²) in [6.07, 6.45) is 0.644. The van der Waals surface area contributed by atoms with Crippen molar-refractivity contribution in [2.75, 3.05) is 17.3 Å². The summed E-state index contributed by atoms with van der Waals surface area (Å²) in [7, 11) is 0. The zero-order valence-corrected chi connectivity index (χ0v) is 14.9. The highest BCUT2D eigenvalue weighted by atomic mass is 19.4. The maximum Gasteiger partial charge on any atom is 0.416 e. The summed E-state index contributed by atoms with van der Waals surface area (Å²) in [6.45, 7) is 0.0520. The molecule has 0 fully saturated rings. The van der Waals surface area contributed by atoms with Gasteiger partial charge in [0.15, 0.2) is 0 Å². The van der Waals surface area contributed by atoms with Crippen molar-refractivity contribution in [3.05, 3.63) is 72.4 Å². The van der Waals surface area contributed by atoms with Crippen LogP contribution < -0.4 is 10.6 Å². The van der Waals surface area contributed by atoms with Gasteiger partial charge in [-0.2, -0.15) is 18.3 Å². The molecule has 0 aliphatic carbocycles. The number of H-pyrrole nitrogens is 1. The summed E-state index contributed by atoms with van der Waals surface area (Å²) in [5, 5.41) is 13.5. The van der Waals surface area contributed by atoms with Gasteiger partial charge in [0, 0.05) is 22.8 Å². The molecule has 0 spiro atoms. The molecule has 0 saturated heterocycles. The number of alkyl halides is 3. The second-order valence-electron chi connectivity index (χ2n) is 6.32. The van der Waals surface area contributed by atoms with Crippen LogP contribution in [-0.4, -0.2) is 21.9 Å². The number of halogens is 4. The number of anilines is 2. The molecule has 4 aromatic rings. The van der Waals surface area contributed by atoms with E-state index in [1.165, 1.54) is 0 Å². The van der Waals surface area contributed by atoms with Crippen LogP contribution in [0, 0.1) is 5.82 Å². The Balaban J connectivity index is 1.43. The van der Waals surface area contributed by atoms with E-state index in [0.29, 0.717) is 6.07 Å². The first-order valence-electron chi connectivity index (χ1n) is 8.64. The van der Waals surface area contributed by atoms with Crippen LogP contribution in [0.25, 0.3) is 22.0 Å². The minimum absolute atomic E-state index is 0.0520. The number of fused-ring (bicyclic) bond motifs is 1. The first-order valence-corrected chi connectivity index (χ1v) is 8.64. The van der Waals surface area contributed by atoms with E-state index in [4.69, 9.17) is 0 Å². The molecule has 2 aromatic heterocycles. The normalized spacial score (nSPS) is 11.6. The molecule has 3 N–H and O–H groups in total. The SMILES string of the molecule is Fc1ccc(C(F)(F)F)cc1NCNc1ccc(-c2cncc3[nH]ncc23)cc1. The van der Waals surface area contributed by atoms with Crippen molar-refractivity contribution in [1.29, 1.82) is 0 Å². The first-order chi connectivity index (χ1) is 13.9. The van der Waals surface area contributed by atoms with Crippen molar-refractivity contribution in [2.24, 2.45) is 0 Å². The second kappa shape index (κ2) is 7.42. The van der Waals surface area contributed by atoms with Crippen molar-refractivity contribution in [3.8, 4) is 11.1 Å². The molecule has 148 valence electrons. The zero-order chi connectivity index (χ0) is 20.4. The van der Waals surface area contributed by atoms with Crippen LogP contribution in [0.15, 0.2) is 61.1 Å². The first kappa shape index (κ1) is 18.7. The van der Waals surface area contributed by atoms with Crippen LogP contribution in [-0.2, 0) is 6.18 Å². The fourth-order valence-electron chi connectivity index (χ4n) is 2.94. The van der Waals surface area contributed by atoms with Gasteiger partial charge in [-0.05, 0) is 35.9 Å². The lowest BCUT2D eigenvalue weighted by atomic mass is 10.0. The summed E-state index contributed by atoms with van der Waals surface area (Å²) in [6, 6.07) is 9.66. The predicted molar refractivity (Wildman–Crippen MR) is 103 cm³/mol. The lowest BCUT2D eigenvalue weighted by Gasteiger charge is -2.13. The fourth-order valence-corrected chi connectivity index (χ4v) is 2.94. The Morgan fingerprint density at radius 1 is 0.931 bits per heavy atom. The molecular formula is C20H15F4N5. The third-order valence-corrected chi connectivity index (χ3v) is 4.43. The molecule has 0 unspecified atom stereocenters. The van der Waals surface area contributed by atoms with Gasteiger partial charge in [-0.25, -0.2) is 4.39 Å². The number of hydrogen-bond donors (Lipinski definition) is 3. The van der Waals surface area contributed by atoms with Crippen molar-refractivity contribution in [2.45, 2.75) is 6.18 Å². The number of pyridine rings is 1. The molecule has 29 heavy (non-hydrogen) atoms. The van der Waals surface area contributed by atoms with Gasteiger partial charge >= 0.3 is 6.18 Å². The summed E-state index contributed by atoms with van der Waals surface area (Å²) < 4.78 is 52.0. The Hall–Kier alpha value is -3.62. The lowest BCUT2D eigenvalue weighted by molar-refractivity contribution is -0.137. The van der Waals surface area contributed by atoms with Crippen molar-refractivity contribution < 1.29 is 17.6 Å². The second-order valence-corrected chi connectivity index (χ2v) is 6.32. The molecule has 0 saturated carbocycles. The number of benzene rings is 2. The number of hydrogen-bond acceptors (Lipinski definition) is 4. The molecule has 9 heteroatoms. The average Bonchev–Trinajstić information content (AvgIpc) is 3.18. The molecule has 0 aliphatic rings. The summed E-state index contributed by atoms with van der Waals surface area (Å²) in [5.41, 5.74) is 2.28. The van der Waals surface area contributed by atoms with Crippen LogP contribution in [0.3, 0.4) is 0 Å². The van der Waals surface area contributed by atoms with Crippen molar-refractivity contribution in [1.82, 2.24) is 15.2 Å². The Bertz CT molecular complexity index is 1140. The van der Waals surface area contributed by atoms with Crippen LogP contribution in [0.2, 0.25) is 0 Å². The Labute approximate surface area is 162 Å². The maximum atomic E-state index is 13.8. The third-order valence-electron chi connectivity index (χ3n) is 4.43. The minimum Gasteiger partial charge on any atom is -0.368 e. The van der Waals surface area contributed by atoms with Crippen LogP contribution in [0.1, 0.15) is 5.56 Å². The standard InChI is InChI=1S/C20H15F4N5/c21-17-6-3-13(20(22,23)24)7-18(17)27-11-26-14-4-1-12(2-5-14)15-8-25-10-19-16(15)9-28-29-19/h1-10,26-27H,11H2,(H,28,29). The Morgan fingerprint density at radius 3 is 2.48 bits per heavy atom. The monoisotopic (exact) mass is 401 g/mol. The third kappa shape index (κ3) is 3.98. The van der Waals surface area contributed by atoms with Crippen LogP contribution >= 0.6 is 0 Å². The molecule has 5 nitrogen and oxygen atoms in total. The highest BCUT2D eigenvalue weighted by Crippen LogP contribution is 2.32. The number of aromatic amines is 1. The summed E-state index contributed by atoms with van der Waals surface area (Å²) in [5.74, 6) is -0.754. The molecule has 2 heterocycles. The molecule has 0 aliphatic heterocycles. The minimum atomic E-state index is -4.53. The molecule has 0 atom stereocenters. The highest BCUT2D eigenvalue weighted by Gasteiger charge is 2.31. The van der Waals surface area contributed by atoms with Gasteiger partial charge in [0.1, 0.15) is 5.82 Å². The van der Waals surface area contributed by atoms with E-state index >= 15 is 0 Å². The fraction of sp³-hybridized carbons (Fsp3) is 0.100. The molecule has 2 aromatic carbocycles. The lowest BCUT2D eigenvalue weighted by Crippen LogP contribution is -2.14. The highest BCUT2D eigenvalue weighted by molar-refractivity contribution is 5.93. The molecular weight excluding hydrogens is 386 g/mol. The van der Waals surface area contributed by atoms with E-state index in [0.717, 1.165) is 39.8 Å². The number of nitrogens with zero attached hydrogens (tertiary/aromatic N) is 2. The quantitative estimate of drug-likeness (QED) is 0.315. The average molecular weight is 401 g/mol. The van der Waals surface area contributed by atoms with Gasteiger partial charge in [0.2, 0.25) is 0 Å². The number of rotatable bonds is 5. The summed E-state index contributed by atoms with van der Waals surface area (Å²) >= 11 is 0. The Kier molecular flexibility index (Phi) is 4.79. The topological polar surface area (TPSA) is 65.6 Å². The predicted octanol–water partition coefficient (Wildman–Crippen LogP) is 5.26. The molecule has 0 amide bonds. The van der Waals surface area contributed by atoms with Crippen LogP contribution in [0.5, 0.6) is 0 Å². The van der Waals surface area contributed by atoms with Gasteiger partial charge in [-0.1, -0.05) is 12.1 Å². The number of aromatic nitrogens is 3. The maximum absolute atomic E-state index is 13.8. The van der Waals surface area contributed by atoms with Crippen molar-refractivity contribution >= 4 is 22.3 Å². The molecule has 4 rings (SSSR count). The zero-order valence-electron chi connectivity index (χ0n) is 14.9. The van der Waals surface area contributed by atoms with Gasteiger partial charge in [-0.15, -0.1) is 0 Å². The van der Waals surface area contributed by atoms with Crippen molar-refractivity contribution in [3.63, 3.8) is 0 Å². The van der Waals surface area contributed by atoms with Gasteiger partial charge in [0.25, 0.3) is 0 Å². The van der Waals surface area contributed by atoms with Gasteiger partial charge in [-0.3, -0.25) is 10.1 Å². The van der Waals surface area contributed by atoms with E-state index < -0.39 is 17.6 Å². The van der Waals surface area contributed by atoms with E-state index in [9.17, 15) is 17.6 Å². The van der Waals surface area contributed by atoms with Gasteiger partial charge in [0.05, 0.1) is 35.8 Å². The van der Waals surface area contributed by atoms with E-state index in [1.54, 1.807) is 18.6 Å². The number of nitrogens with one attached hydrogen (secondary N) is 3. The molecule has 0 bridgehead atoms.